The van der Waals surface area contributed by atoms with Gasteiger partial charge in [-0.05, 0) is 39.3 Å². The minimum Gasteiger partial charge on any atom is -0.285 e. The van der Waals surface area contributed by atoms with Crippen LogP contribution in [-0.4, -0.2) is 36.9 Å². The number of rotatable bonds is 5. The molecule has 20 heavy (non-hydrogen) atoms. The number of hydrogen-bond acceptors (Lipinski definition) is 2. The Morgan fingerprint density at radius 3 is 0.950 bits per heavy atom. The topological polar surface area (TPSA) is 28.0 Å². The quantitative estimate of drug-likeness (QED) is 0.409. The lowest BCUT2D eigenvalue weighted by Gasteiger charge is -2.41. The Labute approximate surface area is 132 Å². The Kier molecular flexibility index (Phi) is 6.69. The molecule has 0 saturated heterocycles. The zero-order chi connectivity index (χ0) is 16.6. The second-order valence-corrected chi connectivity index (χ2v) is 31.5. The summed E-state index contributed by atoms with van der Waals surface area (Å²) in [4.78, 5) is 0. The molecule has 0 saturated carbocycles. The van der Waals surface area contributed by atoms with E-state index in [1.54, 1.807) is 0 Å². The van der Waals surface area contributed by atoms with Crippen molar-refractivity contribution in [3.8, 4) is 0 Å². The summed E-state index contributed by atoms with van der Waals surface area (Å²) >= 11 is 0. The molecule has 0 heterocycles. The fraction of sp³-hybridized carbons (Fsp3) is 1.00. The molecule has 0 aromatic heterocycles. The molecule has 8 heteroatoms. The smallest absolute Gasteiger partial charge is 0.180 e. The van der Waals surface area contributed by atoms with Crippen molar-refractivity contribution in [1.29, 1.82) is 0 Å². The maximum absolute atomic E-state index is 5.29. The third-order valence-corrected chi connectivity index (χ3v) is 20.1. The molecular weight excluding hydrogens is 329 g/mol. The van der Waals surface area contributed by atoms with Crippen LogP contribution in [0.2, 0.25) is 78.6 Å². The third-order valence-electron chi connectivity index (χ3n) is 2.23. The second-order valence-electron chi connectivity index (χ2n) is 9.46. The summed E-state index contributed by atoms with van der Waals surface area (Å²) < 4.78 is 13.4. The molecule has 0 aliphatic carbocycles. The van der Waals surface area contributed by atoms with E-state index in [9.17, 15) is 0 Å². The van der Waals surface area contributed by atoms with Crippen LogP contribution in [0.5, 0.6) is 0 Å². The molecule has 0 atom stereocenters. The van der Waals surface area contributed by atoms with Crippen molar-refractivity contribution in [2.45, 2.75) is 78.6 Å². The average molecular weight is 366 g/mol. The zero-order valence-corrected chi connectivity index (χ0v) is 20.7. The van der Waals surface area contributed by atoms with Gasteiger partial charge in [-0.2, -0.15) is 0 Å². The van der Waals surface area contributed by atoms with E-state index < -0.39 is 40.6 Å². The van der Waals surface area contributed by atoms with Gasteiger partial charge < -0.3 is 0 Å². The van der Waals surface area contributed by atoms with Crippen molar-refractivity contribution < 1.29 is 0 Å². The summed E-state index contributed by atoms with van der Waals surface area (Å²) in [6.45, 7) is 28.8. The van der Waals surface area contributed by atoms with Crippen LogP contribution in [0.15, 0.2) is 8.82 Å². The van der Waals surface area contributed by atoms with E-state index in [-0.39, 0.29) is 0 Å². The molecule has 0 spiro atoms. The van der Waals surface area contributed by atoms with E-state index in [4.69, 9.17) is 8.82 Å². The molecule has 0 N–H and O–H groups in total. The zero-order valence-electron chi connectivity index (χ0n) is 15.8. The highest BCUT2D eigenvalue weighted by atomic mass is 31.1. The first-order valence-corrected chi connectivity index (χ1v) is 22.5. The Morgan fingerprint density at radius 2 is 0.800 bits per heavy atom. The van der Waals surface area contributed by atoms with E-state index in [0.717, 1.165) is 0 Å². The van der Waals surface area contributed by atoms with E-state index in [2.05, 4.69) is 82.6 Å². The van der Waals surface area contributed by atoms with Gasteiger partial charge in [-0.3, -0.25) is 12.8 Å². The highest BCUT2D eigenvalue weighted by Crippen LogP contribution is 2.38. The maximum Gasteiger partial charge on any atom is 0.180 e. The molecule has 120 valence electrons. The predicted molar refractivity (Wildman–Crippen MR) is 107 cm³/mol. The van der Waals surface area contributed by atoms with Crippen LogP contribution >= 0.6 is 7.66 Å². The first kappa shape index (κ1) is 20.7. The standard InChI is InChI=1S/C12H36N3PSi4/c1-17(2,3)13-16(14-18(4,5)6)15(19(7,8)9)20(10,11)12/h1-12H3. The van der Waals surface area contributed by atoms with Gasteiger partial charge in [-0.25, -0.2) is 0 Å². The number of nitrogens with zero attached hydrogens (tertiary/aromatic N) is 3. The Balaban J connectivity index is 6.25. The van der Waals surface area contributed by atoms with Crippen LogP contribution in [0, 0.1) is 0 Å². The van der Waals surface area contributed by atoms with Crippen LogP contribution in [0.4, 0.5) is 0 Å². The van der Waals surface area contributed by atoms with Crippen LogP contribution in [-0.2, 0) is 0 Å². The van der Waals surface area contributed by atoms with Gasteiger partial charge in [0, 0.05) is 0 Å². The molecule has 0 aliphatic rings. The average Bonchev–Trinajstić information content (AvgIpc) is 1.87. The summed E-state index contributed by atoms with van der Waals surface area (Å²) in [5.41, 5.74) is 0. The van der Waals surface area contributed by atoms with Crippen molar-refractivity contribution in [1.82, 2.24) is 4.00 Å². The van der Waals surface area contributed by atoms with Crippen LogP contribution < -0.4 is 0 Å². The predicted octanol–water partition coefficient (Wildman–Crippen LogP) is 6.39. The Hall–Kier alpha value is 0.728. The van der Waals surface area contributed by atoms with Crippen molar-refractivity contribution in [3.05, 3.63) is 0 Å². The SMILES string of the molecule is C[Si](C)(C)/N=P(=N\[Si](C)(C)C)/N([Si](C)(C)C)[Si](C)(C)C. The van der Waals surface area contributed by atoms with Gasteiger partial charge >= 0.3 is 0 Å². The first-order valence-electron chi connectivity index (χ1n) is 7.49. The van der Waals surface area contributed by atoms with Crippen molar-refractivity contribution in [2.24, 2.45) is 8.82 Å². The highest BCUT2D eigenvalue weighted by molar-refractivity contribution is 7.44. The van der Waals surface area contributed by atoms with Gasteiger partial charge in [-0.15, -0.1) is 0 Å². The Morgan fingerprint density at radius 1 is 0.550 bits per heavy atom. The van der Waals surface area contributed by atoms with E-state index in [1.165, 1.54) is 0 Å². The van der Waals surface area contributed by atoms with Crippen molar-refractivity contribution in [2.75, 3.05) is 0 Å². The molecule has 0 fully saturated rings. The molecular formula is C12H36N3PSi4. The molecule has 0 amide bonds. The van der Waals surface area contributed by atoms with Gasteiger partial charge in [0.15, 0.2) is 16.5 Å². The van der Waals surface area contributed by atoms with Gasteiger partial charge in [0.05, 0.1) is 0 Å². The third kappa shape index (κ3) is 8.24. The first-order chi connectivity index (χ1) is 8.43. The normalized spacial score (nSPS) is 16.1. The van der Waals surface area contributed by atoms with Gasteiger partial charge in [0.1, 0.15) is 24.1 Å². The van der Waals surface area contributed by atoms with Crippen molar-refractivity contribution in [3.63, 3.8) is 0 Å². The van der Waals surface area contributed by atoms with Crippen LogP contribution in [0.1, 0.15) is 0 Å². The lowest BCUT2D eigenvalue weighted by Crippen LogP contribution is -2.54. The summed E-state index contributed by atoms with van der Waals surface area (Å²) in [5.74, 6) is 0. The number of hydrogen-bond donors (Lipinski definition) is 0. The molecule has 0 bridgehead atoms. The fourth-order valence-corrected chi connectivity index (χ4v) is 21.7. The molecule has 0 radical (unpaired) electrons. The lowest BCUT2D eigenvalue weighted by atomic mass is 11.8. The Bertz CT molecular complexity index is 380. The second kappa shape index (κ2) is 6.46. The van der Waals surface area contributed by atoms with Crippen molar-refractivity contribution >= 4 is 40.6 Å². The van der Waals surface area contributed by atoms with Gasteiger partial charge in [0.2, 0.25) is 0 Å². The fourth-order valence-electron chi connectivity index (χ4n) is 2.19. The van der Waals surface area contributed by atoms with Crippen LogP contribution in [0.3, 0.4) is 0 Å². The molecule has 0 unspecified atom stereocenters. The summed E-state index contributed by atoms with van der Waals surface area (Å²) in [6.07, 6.45) is 0. The largest absolute Gasteiger partial charge is 0.285 e. The van der Waals surface area contributed by atoms with Gasteiger partial charge in [0.25, 0.3) is 0 Å². The van der Waals surface area contributed by atoms with Crippen LogP contribution in [0.25, 0.3) is 0 Å². The van der Waals surface area contributed by atoms with E-state index in [0.29, 0.717) is 0 Å². The summed E-state index contributed by atoms with van der Waals surface area (Å²) in [7, 11) is -6.36. The van der Waals surface area contributed by atoms with Gasteiger partial charge in [-0.1, -0.05) is 39.3 Å². The molecule has 0 aliphatic heterocycles. The summed E-state index contributed by atoms with van der Waals surface area (Å²) in [5, 5.41) is 0. The molecule has 3 nitrogen and oxygen atoms in total. The molecule has 0 aromatic rings. The molecule has 0 aromatic carbocycles. The maximum atomic E-state index is 5.29. The highest BCUT2D eigenvalue weighted by Gasteiger charge is 2.37. The minimum absolute atomic E-state index is 0.646. The molecule has 0 rings (SSSR count). The van der Waals surface area contributed by atoms with E-state index >= 15 is 0 Å². The lowest BCUT2D eigenvalue weighted by molar-refractivity contribution is 0.982. The monoisotopic (exact) mass is 365 g/mol. The minimum atomic E-state index is -1.46. The summed E-state index contributed by atoms with van der Waals surface area (Å²) in [6, 6.07) is 0. The van der Waals surface area contributed by atoms with E-state index in [1.807, 2.05) is 0 Å².